The summed E-state index contributed by atoms with van der Waals surface area (Å²) >= 11 is 0. The maximum Gasteiger partial charge on any atom is 0.321 e. The lowest BCUT2D eigenvalue weighted by molar-refractivity contribution is -0.163. The largest absolute Gasteiger partial charge is 0.460 e. The Morgan fingerprint density at radius 3 is 1.80 bits per heavy atom. The number of ether oxygens (including phenoxy) is 3. The first-order chi connectivity index (χ1) is 29.3. The average Bonchev–Trinajstić information content (AvgIpc) is 3.25. The fourth-order valence-corrected chi connectivity index (χ4v) is 7.43. The smallest absolute Gasteiger partial charge is 0.321 e. The Morgan fingerprint density at radius 2 is 1.26 bits per heavy atom. The first-order valence-electron chi connectivity index (χ1n) is 20.2. The van der Waals surface area contributed by atoms with E-state index in [9.17, 15) is 23.6 Å². The Kier molecular flexibility index (Phi) is 14.7. The van der Waals surface area contributed by atoms with Crippen LogP contribution in [0.3, 0.4) is 0 Å². The molecule has 0 radical (unpaired) electrons. The Bertz CT molecular complexity index is 2370. The summed E-state index contributed by atoms with van der Waals surface area (Å²) in [6.07, 6.45) is -0.0220. The number of halogens is 1. The molecule has 0 saturated carbocycles. The summed E-state index contributed by atoms with van der Waals surface area (Å²) in [6.45, 7) is 7.89. The van der Waals surface area contributed by atoms with E-state index in [1.807, 2.05) is 109 Å². The normalized spacial score (nSPS) is 15.0. The van der Waals surface area contributed by atoms with Crippen molar-refractivity contribution in [2.45, 2.75) is 71.2 Å². The molecular weight excluding hydrogens is 786 g/mol. The fraction of sp³-hybridized carbons (Fsp3) is 0.255. The van der Waals surface area contributed by atoms with E-state index in [0.717, 1.165) is 27.9 Å². The van der Waals surface area contributed by atoms with E-state index in [1.54, 1.807) is 17.0 Å². The molecular formula is C51H48FNO7Si. The van der Waals surface area contributed by atoms with Crippen LogP contribution >= 0.6 is 0 Å². The molecule has 0 N–H and O–H groups in total. The van der Waals surface area contributed by atoms with E-state index >= 15 is 0 Å². The van der Waals surface area contributed by atoms with E-state index in [4.69, 9.17) is 14.2 Å². The predicted octanol–water partition coefficient (Wildman–Crippen LogP) is 9.69. The Balaban J connectivity index is 1.21. The second-order valence-corrected chi connectivity index (χ2v) is 20.7. The Hall–Kier alpha value is -6.75. The van der Waals surface area contributed by atoms with Crippen molar-refractivity contribution >= 4 is 37.6 Å². The van der Waals surface area contributed by atoms with Gasteiger partial charge in [-0.3, -0.25) is 19.2 Å². The zero-order chi connectivity index (χ0) is 43.4. The van der Waals surface area contributed by atoms with E-state index < -0.39 is 49.7 Å². The third-order valence-corrected chi connectivity index (χ3v) is 10.9. The molecule has 1 saturated heterocycles. The van der Waals surface area contributed by atoms with Crippen molar-refractivity contribution < 1.29 is 37.8 Å². The maximum atomic E-state index is 14.0. The number of carbonyl (C=O) groups excluding carboxylic acids is 4. The molecule has 0 aromatic heterocycles. The van der Waals surface area contributed by atoms with Gasteiger partial charge >= 0.3 is 17.9 Å². The summed E-state index contributed by atoms with van der Waals surface area (Å²) in [5, 5.41) is 0. The predicted molar refractivity (Wildman–Crippen MR) is 234 cm³/mol. The van der Waals surface area contributed by atoms with Crippen molar-refractivity contribution in [3.63, 3.8) is 0 Å². The molecule has 0 bridgehead atoms. The number of anilines is 1. The van der Waals surface area contributed by atoms with Crippen LogP contribution in [0.4, 0.5) is 10.1 Å². The quantitative estimate of drug-likeness (QED) is 0.0275. The molecule has 5 aromatic rings. The highest BCUT2D eigenvalue weighted by atomic mass is 28.3. The van der Waals surface area contributed by atoms with Crippen molar-refractivity contribution in [2.75, 3.05) is 4.90 Å². The minimum atomic E-state index is -1.59. The van der Waals surface area contributed by atoms with Gasteiger partial charge in [0.15, 0.2) is 5.92 Å². The average molecular weight is 834 g/mol. The Labute approximate surface area is 358 Å². The molecule has 6 rings (SSSR count). The number of benzene rings is 5. The first-order valence-corrected chi connectivity index (χ1v) is 23.7. The SMILES string of the molecule is CC(=O)O[C@@H](CC[C@H]1C(=O)N(c2ccc(C#C[Si](C)(C)C)cc2)[C@@H]1c1ccc(C#CCC(C(=O)OCc2ccccc2)C(=O)OCc2ccccc2)cc1)c1ccc(F)cc1. The van der Waals surface area contributed by atoms with Crippen LogP contribution in [0.1, 0.15) is 71.7 Å². The van der Waals surface area contributed by atoms with Gasteiger partial charge in [0.05, 0.1) is 12.0 Å². The molecule has 1 aliphatic rings. The van der Waals surface area contributed by atoms with Crippen molar-refractivity contribution in [2.24, 2.45) is 11.8 Å². The first kappa shape index (κ1) is 43.8. The van der Waals surface area contributed by atoms with Crippen LogP contribution in [0.5, 0.6) is 0 Å². The third-order valence-electron chi connectivity index (χ3n) is 10.0. The molecule has 61 heavy (non-hydrogen) atoms. The summed E-state index contributed by atoms with van der Waals surface area (Å²) in [4.78, 5) is 54.3. The minimum Gasteiger partial charge on any atom is -0.460 e. The molecule has 310 valence electrons. The Morgan fingerprint density at radius 1 is 0.721 bits per heavy atom. The fourth-order valence-electron chi connectivity index (χ4n) is 6.91. The molecule has 1 fully saturated rings. The molecule has 1 heterocycles. The van der Waals surface area contributed by atoms with Crippen molar-refractivity contribution in [1.82, 2.24) is 0 Å². The van der Waals surface area contributed by atoms with Crippen LogP contribution < -0.4 is 4.90 Å². The molecule has 8 nitrogen and oxygen atoms in total. The zero-order valence-electron chi connectivity index (χ0n) is 34.7. The molecule has 10 heteroatoms. The second kappa shape index (κ2) is 20.5. The molecule has 3 atom stereocenters. The zero-order valence-corrected chi connectivity index (χ0v) is 35.7. The van der Waals surface area contributed by atoms with Gasteiger partial charge in [-0.25, -0.2) is 4.39 Å². The number of hydrogen-bond donors (Lipinski definition) is 0. The highest BCUT2D eigenvalue weighted by Gasteiger charge is 2.48. The van der Waals surface area contributed by atoms with Gasteiger partial charge in [-0.05, 0) is 83.6 Å². The lowest BCUT2D eigenvalue weighted by Crippen LogP contribution is -2.55. The lowest BCUT2D eigenvalue weighted by atomic mass is 9.78. The van der Waals surface area contributed by atoms with Gasteiger partial charge in [-0.15, -0.1) is 5.54 Å². The van der Waals surface area contributed by atoms with Gasteiger partial charge in [0.1, 0.15) is 33.2 Å². The molecule has 1 aliphatic heterocycles. The van der Waals surface area contributed by atoms with E-state index in [-0.39, 0.29) is 31.6 Å². The maximum absolute atomic E-state index is 14.0. The summed E-state index contributed by atoms with van der Waals surface area (Å²) in [5.74, 6) is 5.25. The van der Waals surface area contributed by atoms with Crippen molar-refractivity contribution in [1.29, 1.82) is 0 Å². The topological polar surface area (TPSA) is 99.2 Å². The highest BCUT2D eigenvalue weighted by molar-refractivity contribution is 6.83. The van der Waals surface area contributed by atoms with E-state index in [2.05, 4.69) is 42.9 Å². The summed E-state index contributed by atoms with van der Waals surface area (Å²) in [6, 6.07) is 39.0. The number of amides is 1. The van der Waals surface area contributed by atoms with Gasteiger partial charge in [0, 0.05) is 30.2 Å². The number of rotatable bonds is 14. The van der Waals surface area contributed by atoms with Crippen molar-refractivity contribution in [3.05, 3.63) is 173 Å². The molecule has 0 spiro atoms. The number of nitrogens with zero attached hydrogens (tertiary/aromatic N) is 1. The molecule has 1 amide bonds. The van der Waals surface area contributed by atoms with Crippen LogP contribution in [-0.4, -0.2) is 31.9 Å². The minimum absolute atomic E-state index is 0.00615. The number of β-lactam (4-membered cyclic amide) rings is 1. The molecule has 5 aromatic carbocycles. The van der Waals surface area contributed by atoms with Gasteiger partial charge in [-0.1, -0.05) is 122 Å². The standard InChI is InChI=1S/C51H48FNO7Si/c1-36(54)60-47(41-24-26-43(52)27-25-41)31-30-45-48(53(49(45)55)44-28-20-38(21-29-44)32-33-61(2,3)4)42-22-18-37(19-23-42)16-11-17-46(50(56)58-34-39-12-7-5-8-13-39)51(57)59-35-40-14-9-6-10-15-40/h5-10,12-15,18-29,45-48H,17,30-31,34-35H2,1-4H3/t45-,47+,48-/m1/s1. The summed E-state index contributed by atoms with van der Waals surface area (Å²) < 4.78 is 30.4. The summed E-state index contributed by atoms with van der Waals surface area (Å²) in [5.41, 5.74) is 8.71. The monoisotopic (exact) mass is 833 g/mol. The molecule has 0 unspecified atom stereocenters. The van der Waals surface area contributed by atoms with Gasteiger partial charge in [0.2, 0.25) is 5.91 Å². The number of carbonyl (C=O) groups is 4. The number of esters is 3. The van der Waals surface area contributed by atoms with Crippen molar-refractivity contribution in [3.8, 4) is 23.3 Å². The van der Waals surface area contributed by atoms with Gasteiger partial charge in [-0.2, -0.15) is 0 Å². The molecule has 0 aliphatic carbocycles. The van der Waals surface area contributed by atoms with Crippen LogP contribution in [0, 0.1) is 41.0 Å². The highest BCUT2D eigenvalue weighted by Crippen LogP contribution is 2.46. The van der Waals surface area contributed by atoms with Gasteiger partial charge in [0.25, 0.3) is 0 Å². The van der Waals surface area contributed by atoms with Crippen LogP contribution in [-0.2, 0) is 46.6 Å². The second-order valence-electron chi connectivity index (χ2n) is 15.9. The van der Waals surface area contributed by atoms with E-state index in [0.29, 0.717) is 24.0 Å². The number of hydrogen-bond acceptors (Lipinski definition) is 7. The third kappa shape index (κ3) is 12.4. The van der Waals surface area contributed by atoms with Crippen LogP contribution in [0.15, 0.2) is 133 Å². The van der Waals surface area contributed by atoms with Crippen LogP contribution in [0.2, 0.25) is 19.6 Å². The lowest BCUT2D eigenvalue weighted by Gasteiger charge is -2.48. The summed E-state index contributed by atoms with van der Waals surface area (Å²) in [7, 11) is -1.59. The van der Waals surface area contributed by atoms with Gasteiger partial charge < -0.3 is 19.1 Å². The van der Waals surface area contributed by atoms with E-state index in [1.165, 1.54) is 19.1 Å². The van der Waals surface area contributed by atoms with Crippen LogP contribution in [0.25, 0.3) is 0 Å².